The molecule has 0 aliphatic rings. The Morgan fingerprint density at radius 2 is 1.62 bits per heavy atom. The van der Waals surface area contributed by atoms with Gasteiger partial charge < -0.3 is 9.70 Å². The summed E-state index contributed by atoms with van der Waals surface area (Å²) in [7, 11) is 7.42. The smallest absolute Gasteiger partial charge is 0.772 e. The van der Waals surface area contributed by atoms with Gasteiger partial charge in [0.05, 0.1) is 8.69 Å². The standard InChI is InChI=1S/C2H6BN.Na.HO2P/c1-4(2)3;;1-3-2/h1-2H3;;(H,1,2)/q;+1;/p-1. The second-order valence-electron chi connectivity index (χ2n) is 1.04. The molecule has 0 aromatic carbocycles. The molecule has 0 fully saturated rings. The molecule has 2 radical (unpaired) electrons. The number of hydrogen-bond donors (Lipinski definition) is 0. The minimum absolute atomic E-state index is 0. The van der Waals surface area contributed by atoms with Gasteiger partial charge in [0, 0.05) is 0 Å². The predicted molar refractivity (Wildman–Crippen MR) is 27.0 cm³/mol. The zero-order valence-corrected chi connectivity index (χ0v) is 8.18. The van der Waals surface area contributed by atoms with Gasteiger partial charge in [0.2, 0.25) is 0 Å². The number of nitrogens with zero attached hydrogens (tertiary/aromatic N) is 1. The van der Waals surface area contributed by atoms with Crippen LogP contribution < -0.4 is 34.5 Å². The largest absolute Gasteiger partial charge is 1.00 e. The van der Waals surface area contributed by atoms with Crippen LogP contribution in [0.3, 0.4) is 0 Å². The molecule has 0 saturated carbocycles. The third-order valence-electron chi connectivity index (χ3n) is 0. The fraction of sp³-hybridized carbons (Fsp3) is 1.00. The van der Waals surface area contributed by atoms with Crippen molar-refractivity contribution in [2.45, 2.75) is 0 Å². The van der Waals surface area contributed by atoms with Crippen molar-refractivity contribution in [2.24, 2.45) is 0 Å². The molecule has 3 nitrogen and oxygen atoms in total. The molecule has 8 heavy (non-hydrogen) atoms. The Morgan fingerprint density at radius 3 is 1.62 bits per heavy atom. The summed E-state index contributed by atoms with van der Waals surface area (Å²) >= 11 is 0. The van der Waals surface area contributed by atoms with Gasteiger partial charge in [0.25, 0.3) is 0 Å². The van der Waals surface area contributed by atoms with Gasteiger partial charge in [-0.1, -0.05) is 0 Å². The average molecular weight is 141 g/mol. The maximum atomic E-state index is 8.35. The van der Waals surface area contributed by atoms with Crippen LogP contribution in [0.5, 0.6) is 0 Å². The second kappa shape index (κ2) is 15.7. The van der Waals surface area contributed by atoms with E-state index in [9.17, 15) is 0 Å². The summed E-state index contributed by atoms with van der Waals surface area (Å²) in [5.41, 5.74) is 0. The fourth-order valence-electron chi connectivity index (χ4n) is 0. The van der Waals surface area contributed by atoms with Crippen LogP contribution in [0.25, 0.3) is 0 Å². The van der Waals surface area contributed by atoms with Gasteiger partial charge in [-0.3, -0.25) is 4.57 Å². The topological polar surface area (TPSA) is 43.4 Å². The minimum Gasteiger partial charge on any atom is -0.772 e. The quantitative estimate of drug-likeness (QED) is 0.256. The first-order valence-corrected chi connectivity index (χ1v) is 2.25. The van der Waals surface area contributed by atoms with Gasteiger partial charge in [-0.15, -0.1) is 0 Å². The summed E-state index contributed by atoms with van der Waals surface area (Å²) < 4.78 is 8.35. The van der Waals surface area contributed by atoms with Gasteiger partial charge in [0.1, 0.15) is 0 Å². The van der Waals surface area contributed by atoms with Crippen LogP contribution in [-0.2, 0) is 4.57 Å². The van der Waals surface area contributed by atoms with Crippen LogP contribution in [0.4, 0.5) is 0 Å². The summed E-state index contributed by atoms with van der Waals surface area (Å²) in [6.45, 7) is 0. The van der Waals surface area contributed by atoms with Crippen LogP contribution in [0.2, 0.25) is 0 Å². The summed E-state index contributed by atoms with van der Waals surface area (Å²) in [6.07, 6.45) is 0. The van der Waals surface area contributed by atoms with E-state index in [4.69, 9.17) is 17.4 Å². The van der Waals surface area contributed by atoms with E-state index >= 15 is 0 Å². The molecule has 6 heteroatoms. The summed E-state index contributed by atoms with van der Waals surface area (Å²) in [4.78, 5) is 9.85. The molecule has 40 valence electrons. The Balaban J connectivity index is -0.0000000575. The van der Waals surface area contributed by atoms with E-state index in [2.05, 4.69) is 0 Å². The van der Waals surface area contributed by atoms with Gasteiger partial charge in [-0.05, 0) is 14.1 Å². The van der Waals surface area contributed by atoms with E-state index in [-0.39, 0.29) is 29.6 Å². The van der Waals surface area contributed by atoms with Crippen molar-refractivity contribution in [1.82, 2.24) is 4.81 Å². The molecule has 0 aromatic heterocycles. The van der Waals surface area contributed by atoms with Crippen molar-refractivity contribution in [2.75, 3.05) is 14.1 Å². The number of rotatable bonds is 0. The van der Waals surface area contributed by atoms with E-state index in [1.807, 2.05) is 0 Å². The molecule has 0 N–H and O–H groups in total. The third kappa shape index (κ3) is 223. The maximum Gasteiger partial charge on any atom is 1.00 e. The van der Waals surface area contributed by atoms with Gasteiger partial charge >= 0.3 is 29.6 Å². The van der Waals surface area contributed by atoms with Crippen molar-refractivity contribution in [3.05, 3.63) is 0 Å². The molecule has 0 spiro atoms. The fourth-order valence-corrected chi connectivity index (χ4v) is 0. The van der Waals surface area contributed by atoms with Crippen LogP contribution in [0.15, 0.2) is 0 Å². The van der Waals surface area contributed by atoms with Gasteiger partial charge in [0.15, 0.2) is 7.98 Å². The maximum absolute atomic E-state index is 8.35. The molecular weight excluding hydrogens is 135 g/mol. The molecule has 0 aliphatic carbocycles. The third-order valence-corrected chi connectivity index (χ3v) is 0. The number of hydrogen-bond acceptors (Lipinski definition) is 3. The zero-order valence-electron chi connectivity index (χ0n) is 5.29. The Kier molecular flexibility index (Phi) is 31.5. The van der Waals surface area contributed by atoms with E-state index in [0.29, 0.717) is 0 Å². The molecule has 0 unspecified atom stereocenters. The summed E-state index contributed by atoms with van der Waals surface area (Å²) in [6, 6.07) is 0. The van der Waals surface area contributed by atoms with Crippen molar-refractivity contribution >= 4 is 16.7 Å². The van der Waals surface area contributed by atoms with E-state index < -0.39 is 8.69 Å². The monoisotopic (exact) mass is 141 g/mol. The SMILES string of the molecule is O=P[O-].[B]N(C)C.[Na+]. The van der Waals surface area contributed by atoms with Gasteiger partial charge in [-0.25, -0.2) is 0 Å². The van der Waals surface area contributed by atoms with E-state index in [0.717, 1.165) is 0 Å². The first-order valence-electron chi connectivity index (χ1n) is 1.52. The Morgan fingerprint density at radius 1 is 1.62 bits per heavy atom. The van der Waals surface area contributed by atoms with Crippen LogP contribution in [0.1, 0.15) is 0 Å². The molecule has 0 atom stereocenters. The predicted octanol–water partition coefficient (Wildman–Crippen LogP) is -3.81. The molecule has 0 bridgehead atoms. The average Bonchev–Trinajstić information content (AvgIpc) is 1.33. The van der Waals surface area contributed by atoms with Crippen LogP contribution in [-0.4, -0.2) is 26.9 Å². The first-order chi connectivity index (χ1) is 3.15. The molecule has 0 aromatic rings. The van der Waals surface area contributed by atoms with Crippen LogP contribution in [0, 0.1) is 0 Å². The normalized spacial score (nSPS) is 7.00. The van der Waals surface area contributed by atoms with E-state index in [1.54, 1.807) is 14.1 Å². The second-order valence-corrected chi connectivity index (χ2v) is 1.19. The first kappa shape index (κ1) is 16.0. The molecule has 0 amide bonds. The van der Waals surface area contributed by atoms with Crippen molar-refractivity contribution in [1.29, 1.82) is 0 Å². The van der Waals surface area contributed by atoms with E-state index in [1.165, 1.54) is 4.81 Å². The van der Waals surface area contributed by atoms with Crippen molar-refractivity contribution in [3.8, 4) is 0 Å². The molecular formula is C2H6BNNaO2P. The Labute approximate surface area is 74.5 Å². The molecule has 0 rings (SSSR count). The van der Waals surface area contributed by atoms with Crippen molar-refractivity contribution < 1.29 is 39.0 Å². The Bertz CT molecular complexity index is 44.3. The van der Waals surface area contributed by atoms with Crippen molar-refractivity contribution in [3.63, 3.8) is 0 Å². The van der Waals surface area contributed by atoms with Crippen LogP contribution >= 0.6 is 8.69 Å². The minimum atomic E-state index is -1.08. The molecule has 0 heterocycles. The Hall–Kier alpha value is 1.08. The molecule has 0 saturated heterocycles. The summed E-state index contributed by atoms with van der Waals surface area (Å²) in [5, 5.41) is 0. The summed E-state index contributed by atoms with van der Waals surface area (Å²) in [5.74, 6) is 0. The zero-order chi connectivity index (χ0) is 6.28. The van der Waals surface area contributed by atoms with Gasteiger partial charge in [-0.2, -0.15) is 0 Å². The molecule has 0 aliphatic heterocycles.